The summed E-state index contributed by atoms with van der Waals surface area (Å²) >= 11 is 4.18. The fourth-order valence-electron chi connectivity index (χ4n) is 3.29. The highest BCUT2D eigenvalue weighted by Crippen LogP contribution is 2.41. The standard InChI is InChI=1S/C16H24N2S2/c1-10-11(2)20-14(9-19-10)15(17)13-7-3-5-12-6-4-8-18-16(12)13/h4,6,8,10-11,13-15H,3,5,7,9,17H2,1-2H3. The predicted octanol–water partition coefficient (Wildman–Crippen LogP) is 3.45. The van der Waals surface area contributed by atoms with Gasteiger partial charge in [0.05, 0.1) is 0 Å². The van der Waals surface area contributed by atoms with Crippen molar-refractivity contribution in [3.8, 4) is 0 Å². The van der Waals surface area contributed by atoms with Crippen LogP contribution >= 0.6 is 23.5 Å². The van der Waals surface area contributed by atoms with E-state index in [1.165, 1.54) is 36.3 Å². The van der Waals surface area contributed by atoms with Gasteiger partial charge in [-0.05, 0) is 30.9 Å². The third kappa shape index (κ3) is 2.88. The van der Waals surface area contributed by atoms with Crippen LogP contribution in [0, 0.1) is 0 Å². The van der Waals surface area contributed by atoms with Crippen molar-refractivity contribution in [2.45, 2.75) is 60.8 Å². The predicted molar refractivity (Wildman–Crippen MR) is 90.7 cm³/mol. The number of thioether (sulfide) groups is 2. The molecule has 3 rings (SSSR count). The van der Waals surface area contributed by atoms with Crippen molar-refractivity contribution < 1.29 is 0 Å². The zero-order valence-corrected chi connectivity index (χ0v) is 13.9. The van der Waals surface area contributed by atoms with Gasteiger partial charge in [0.25, 0.3) is 0 Å². The van der Waals surface area contributed by atoms with Gasteiger partial charge in [-0.25, -0.2) is 0 Å². The van der Waals surface area contributed by atoms with E-state index in [0.29, 0.717) is 16.4 Å². The number of hydrogen-bond acceptors (Lipinski definition) is 4. The van der Waals surface area contributed by atoms with Gasteiger partial charge in [-0.15, -0.1) is 0 Å². The molecule has 0 aromatic carbocycles. The van der Waals surface area contributed by atoms with Crippen LogP contribution in [0.5, 0.6) is 0 Å². The molecule has 0 radical (unpaired) electrons. The molecule has 0 bridgehead atoms. The van der Waals surface area contributed by atoms with Crippen LogP contribution in [0.15, 0.2) is 18.3 Å². The van der Waals surface area contributed by atoms with Gasteiger partial charge in [-0.1, -0.05) is 19.9 Å². The molecular formula is C16H24N2S2. The Morgan fingerprint density at radius 1 is 1.35 bits per heavy atom. The van der Waals surface area contributed by atoms with Crippen molar-refractivity contribution in [3.05, 3.63) is 29.6 Å². The average molecular weight is 309 g/mol. The molecule has 1 aliphatic heterocycles. The second kappa shape index (κ2) is 6.29. The van der Waals surface area contributed by atoms with Crippen molar-refractivity contribution in [1.82, 2.24) is 4.98 Å². The number of rotatable bonds is 2. The quantitative estimate of drug-likeness (QED) is 0.908. The first-order chi connectivity index (χ1) is 9.66. The molecule has 0 saturated carbocycles. The van der Waals surface area contributed by atoms with Crippen LogP contribution in [0.1, 0.15) is 43.9 Å². The van der Waals surface area contributed by atoms with Crippen LogP contribution < -0.4 is 5.73 Å². The maximum atomic E-state index is 6.67. The number of nitrogens with zero attached hydrogens (tertiary/aromatic N) is 1. The number of nitrogens with two attached hydrogens (primary N) is 1. The topological polar surface area (TPSA) is 38.9 Å². The van der Waals surface area contributed by atoms with Crippen LogP contribution in [0.3, 0.4) is 0 Å². The first-order valence-corrected chi connectivity index (χ1v) is 9.62. The fraction of sp³-hybridized carbons (Fsp3) is 0.688. The van der Waals surface area contributed by atoms with Crippen molar-refractivity contribution in [2.75, 3.05) is 5.75 Å². The lowest BCUT2D eigenvalue weighted by molar-refractivity contribution is 0.449. The summed E-state index contributed by atoms with van der Waals surface area (Å²) in [6.45, 7) is 4.68. The number of pyridine rings is 1. The largest absolute Gasteiger partial charge is 0.326 e. The Kier molecular flexibility index (Phi) is 4.63. The summed E-state index contributed by atoms with van der Waals surface area (Å²) in [6, 6.07) is 4.53. The van der Waals surface area contributed by atoms with Crippen molar-refractivity contribution in [2.24, 2.45) is 5.73 Å². The van der Waals surface area contributed by atoms with E-state index in [1.54, 1.807) is 0 Å². The molecular weight excluding hydrogens is 284 g/mol. The van der Waals surface area contributed by atoms with E-state index >= 15 is 0 Å². The Labute approximate surface area is 130 Å². The Balaban J connectivity index is 1.76. The lowest BCUT2D eigenvalue weighted by Crippen LogP contribution is -2.44. The summed E-state index contributed by atoms with van der Waals surface area (Å²) in [5, 5.41) is 2.03. The molecule has 1 fully saturated rings. The van der Waals surface area contributed by atoms with Crippen LogP contribution in [0.2, 0.25) is 0 Å². The summed E-state index contributed by atoms with van der Waals surface area (Å²) in [4.78, 5) is 4.65. The minimum atomic E-state index is 0.247. The summed E-state index contributed by atoms with van der Waals surface area (Å²) in [5.41, 5.74) is 9.38. The van der Waals surface area contributed by atoms with Crippen molar-refractivity contribution in [3.63, 3.8) is 0 Å². The second-order valence-corrected chi connectivity index (χ2v) is 9.07. The molecule has 4 heteroatoms. The molecule has 2 aliphatic rings. The molecule has 2 nitrogen and oxygen atoms in total. The molecule has 110 valence electrons. The molecule has 5 unspecified atom stereocenters. The normalized spacial score (nSPS) is 35.4. The van der Waals surface area contributed by atoms with Gasteiger partial charge in [0.1, 0.15) is 0 Å². The number of hydrogen-bond donors (Lipinski definition) is 1. The van der Waals surface area contributed by atoms with E-state index in [4.69, 9.17) is 5.73 Å². The Morgan fingerprint density at radius 3 is 3.00 bits per heavy atom. The lowest BCUT2D eigenvalue weighted by atomic mass is 9.81. The van der Waals surface area contributed by atoms with Gasteiger partial charge in [0.15, 0.2) is 0 Å². The summed E-state index contributed by atoms with van der Waals surface area (Å²) in [5.74, 6) is 1.65. The molecule has 1 aromatic rings. The van der Waals surface area contributed by atoms with E-state index in [2.05, 4.69) is 54.5 Å². The van der Waals surface area contributed by atoms with E-state index in [1.807, 2.05) is 6.20 Å². The Bertz CT molecular complexity index is 466. The van der Waals surface area contributed by atoms with Crippen LogP contribution in [-0.2, 0) is 6.42 Å². The average Bonchev–Trinajstić information content (AvgIpc) is 2.49. The number of aryl methyl sites for hydroxylation is 1. The van der Waals surface area contributed by atoms with Crippen LogP contribution in [0.4, 0.5) is 0 Å². The first-order valence-electron chi connectivity index (χ1n) is 7.63. The maximum absolute atomic E-state index is 6.67. The number of aromatic nitrogens is 1. The summed E-state index contributed by atoms with van der Waals surface area (Å²) < 4.78 is 0. The van der Waals surface area contributed by atoms with Gasteiger partial charge in [-0.2, -0.15) is 23.5 Å². The van der Waals surface area contributed by atoms with Gasteiger partial charge in [-0.3, -0.25) is 4.98 Å². The van der Waals surface area contributed by atoms with Gasteiger partial charge in [0.2, 0.25) is 0 Å². The minimum Gasteiger partial charge on any atom is -0.326 e. The molecule has 1 saturated heterocycles. The fourth-order valence-corrected chi connectivity index (χ4v) is 6.40. The van der Waals surface area contributed by atoms with E-state index < -0.39 is 0 Å². The lowest BCUT2D eigenvalue weighted by Gasteiger charge is -2.38. The third-order valence-corrected chi connectivity index (χ3v) is 8.24. The third-order valence-electron chi connectivity index (χ3n) is 4.71. The Hall–Kier alpha value is -0.190. The monoisotopic (exact) mass is 308 g/mol. The molecule has 1 aromatic heterocycles. The number of fused-ring (bicyclic) bond motifs is 1. The van der Waals surface area contributed by atoms with Gasteiger partial charge >= 0.3 is 0 Å². The SMILES string of the molecule is CC1SCC(C(N)C2CCCc3cccnc32)SC1C. The van der Waals surface area contributed by atoms with Gasteiger partial charge < -0.3 is 5.73 Å². The molecule has 0 spiro atoms. The maximum Gasteiger partial charge on any atom is 0.0482 e. The second-order valence-electron chi connectivity index (χ2n) is 6.04. The van der Waals surface area contributed by atoms with Crippen molar-refractivity contribution in [1.29, 1.82) is 0 Å². The zero-order valence-electron chi connectivity index (χ0n) is 12.3. The molecule has 5 atom stereocenters. The molecule has 20 heavy (non-hydrogen) atoms. The molecule has 2 heterocycles. The molecule has 0 amide bonds. The van der Waals surface area contributed by atoms with E-state index in [9.17, 15) is 0 Å². The molecule has 2 N–H and O–H groups in total. The molecule has 1 aliphatic carbocycles. The van der Waals surface area contributed by atoms with E-state index in [-0.39, 0.29) is 6.04 Å². The first kappa shape index (κ1) is 14.7. The van der Waals surface area contributed by atoms with Crippen molar-refractivity contribution >= 4 is 23.5 Å². The van der Waals surface area contributed by atoms with Crippen LogP contribution in [-0.4, -0.2) is 32.5 Å². The Morgan fingerprint density at radius 2 is 2.20 bits per heavy atom. The van der Waals surface area contributed by atoms with Gasteiger partial charge in [0, 0.05) is 45.4 Å². The smallest absolute Gasteiger partial charge is 0.0482 e. The van der Waals surface area contributed by atoms with Crippen LogP contribution in [0.25, 0.3) is 0 Å². The zero-order chi connectivity index (χ0) is 14.1. The highest BCUT2D eigenvalue weighted by atomic mass is 32.2. The minimum absolute atomic E-state index is 0.247. The van der Waals surface area contributed by atoms with E-state index in [0.717, 1.165) is 5.25 Å². The summed E-state index contributed by atoms with van der Waals surface area (Å²) in [6.07, 6.45) is 5.56. The highest BCUT2D eigenvalue weighted by Gasteiger charge is 2.36. The highest BCUT2D eigenvalue weighted by molar-refractivity contribution is 8.07. The summed E-state index contributed by atoms with van der Waals surface area (Å²) in [7, 11) is 0.